The van der Waals surface area contributed by atoms with Crippen LogP contribution in [0.3, 0.4) is 0 Å². The first-order valence-electron chi connectivity index (χ1n) is 9.24. The SMILES string of the molecule is [2H]C([2H])([2H])c1c[n+](C)c(-c2c(C)ccc3c2oc2cccc([N+]#[C-])c23)cc1F. The van der Waals surface area contributed by atoms with E-state index in [2.05, 4.69) is 4.85 Å². The fraction of sp³-hybridized carbons (Fsp3) is 0.143. The zero-order valence-corrected chi connectivity index (χ0v) is 13.7. The molecule has 0 saturated heterocycles. The molecular weight excluding hydrogens is 315 g/mol. The van der Waals surface area contributed by atoms with Crippen molar-refractivity contribution in [3.8, 4) is 11.3 Å². The van der Waals surface area contributed by atoms with Gasteiger partial charge in [0.25, 0.3) is 0 Å². The molecule has 25 heavy (non-hydrogen) atoms. The van der Waals surface area contributed by atoms with Gasteiger partial charge in [0.2, 0.25) is 5.69 Å². The lowest BCUT2D eigenvalue weighted by molar-refractivity contribution is -0.661. The van der Waals surface area contributed by atoms with Crippen molar-refractivity contribution >= 4 is 27.6 Å². The summed E-state index contributed by atoms with van der Waals surface area (Å²) < 4.78 is 44.8. The Labute approximate surface area is 149 Å². The number of aromatic nitrogens is 1. The molecule has 0 aliphatic heterocycles. The van der Waals surface area contributed by atoms with Crippen molar-refractivity contribution in [1.29, 1.82) is 0 Å². The van der Waals surface area contributed by atoms with Crippen molar-refractivity contribution in [3.05, 3.63) is 71.0 Å². The first-order valence-corrected chi connectivity index (χ1v) is 7.74. The average Bonchev–Trinajstić information content (AvgIpc) is 3.01. The van der Waals surface area contributed by atoms with Gasteiger partial charge in [0, 0.05) is 26.5 Å². The van der Waals surface area contributed by atoms with E-state index in [0.717, 1.165) is 16.3 Å². The lowest BCUT2D eigenvalue weighted by Crippen LogP contribution is -2.31. The van der Waals surface area contributed by atoms with Gasteiger partial charge in [0.1, 0.15) is 24.0 Å². The Morgan fingerprint density at radius 3 is 2.84 bits per heavy atom. The molecule has 4 heteroatoms. The minimum absolute atomic E-state index is 0.330. The number of aryl methyl sites for hydroxylation is 3. The van der Waals surface area contributed by atoms with E-state index in [1.165, 1.54) is 12.3 Å². The summed E-state index contributed by atoms with van der Waals surface area (Å²) in [6.07, 6.45) is 1.29. The third-order valence-corrected chi connectivity index (χ3v) is 4.45. The van der Waals surface area contributed by atoms with Gasteiger partial charge in [-0.1, -0.05) is 24.3 Å². The number of hydrogen-bond acceptors (Lipinski definition) is 1. The van der Waals surface area contributed by atoms with Crippen molar-refractivity contribution in [1.82, 2.24) is 0 Å². The van der Waals surface area contributed by atoms with Crippen molar-refractivity contribution < 1.29 is 17.5 Å². The van der Waals surface area contributed by atoms with Crippen molar-refractivity contribution in [2.75, 3.05) is 0 Å². The summed E-state index contributed by atoms with van der Waals surface area (Å²) in [5.74, 6) is -0.789. The van der Waals surface area contributed by atoms with Gasteiger partial charge in [-0.2, -0.15) is 0 Å². The molecule has 0 unspecified atom stereocenters. The van der Waals surface area contributed by atoms with Crippen molar-refractivity contribution in [2.24, 2.45) is 7.05 Å². The minimum Gasteiger partial charge on any atom is -0.457 e. The zero-order chi connectivity index (χ0) is 20.2. The summed E-state index contributed by atoms with van der Waals surface area (Å²) in [4.78, 5) is 3.58. The maximum absolute atomic E-state index is 14.6. The number of hydrogen-bond donors (Lipinski definition) is 0. The number of rotatable bonds is 1. The van der Waals surface area contributed by atoms with Crippen LogP contribution in [0.15, 0.2) is 47.0 Å². The maximum atomic E-state index is 14.6. The topological polar surface area (TPSA) is 21.4 Å². The number of benzene rings is 2. The summed E-state index contributed by atoms with van der Waals surface area (Å²) in [7, 11) is 1.68. The molecule has 2 heterocycles. The summed E-state index contributed by atoms with van der Waals surface area (Å²) in [5.41, 5.74) is 3.30. The van der Waals surface area contributed by atoms with Crippen LogP contribution in [0.1, 0.15) is 15.2 Å². The van der Waals surface area contributed by atoms with E-state index >= 15 is 0 Å². The average molecular weight is 334 g/mol. The Bertz CT molecular complexity index is 1300. The quantitative estimate of drug-likeness (QED) is 0.338. The highest BCUT2D eigenvalue weighted by molar-refractivity contribution is 6.14. The largest absolute Gasteiger partial charge is 0.457 e. The van der Waals surface area contributed by atoms with Gasteiger partial charge < -0.3 is 4.42 Å². The lowest BCUT2D eigenvalue weighted by Gasteiger charge is -2.06. The molecule has 0 aliphatic carbocycles. The third-order valence-electron chi connectivity index (χ3n) is 4.45. The molecule has 0 spiro atoms. The number of furan rings is 1. The van der Waals surface area contributed by atoms with Crippen LogP contribution >= 0.6 is 0 Å². The van der Waals surface area contributed by atoms with E-state index in [9.17, 15) is 4.39 Å². The smallest absolute Gasteiger partial charge is 0.219 e. The third kappa shape index (κ3) is 2.20. The molecule has 0 atom stereocenters. The van der Waals surface area contributed by atoms with E-state index in [1.807, 2.05) is 19.1 Å². The van der Waals surface area contributed by atoms with E-state index < -0.39 is 12.7 Å². The standard InChI is InChI=1S/C21H16FN2O/c1-12-8-9-14-20-16(23-3)6-5-7-18(20)25-21(14)19(12)17-10-15(22)13(2)11-24(17)4/h5-11H,1-2,4H3/q+1/i2D3. The van der Waals surface area contributed by atoms with Gasteiger partial charge in [-0.15, -0.1) is 0 Å². The first-order chi connectivity index (χ1) is 13.2. The molecule has 0 N–H and O–H groups in total. The van der Waals surface area contributed by atoms with Crippen LogP contribution in [0, 0.1) is 26.2 Å². The molecule has 4 rings (SSSR count). The minimum atomic E-state index is -2.54. The van der Waals surface area contributed by atoms with Gasteiger partial charge in [0.05, 0.1) is 12.1 Å². The molecule has 0 aliphatic rings. The van der Waals surface area contributed by atoms with Crippen LogP contribution in [-0.4, -0.2) is 0 Å². The maximum Gasteiger partial charge on any atom is 0.219 e. The van der Waals surface area contributed by atoms with Gasteiger partial charge in [-0.3, -0.25) is 0 Å². The summed E-state index contributed by atoms with van der Waals surface area (Å²) >= 11 is 0. The van der Waals surface area contributed by atoms with Crippen LogP contribution in [0.2, 0.25) is 0 Å². The lowest BCUT2D eigenvalue weighted by atomic mass is 10.00. The Hall–Kier alpha value is -3.19. The molecule has 0 saturated carbocycles. The predicted octanol–water partition coefficient (Wildman–Crippen LogP) is 5.38. The highest BCUT2D eigenvalue weighted by Crippen LogP contribution is 2.40. The number of pyridine rings is 1. The monoisotopic (exact) mass is 334 g/mol. The molecule has 3 nitrogen and oxygen atoms in total. The number of nitrogens with zero attached hydrogens (tertiary/aromatic N) is 2. The number of fused-ring (bicyclic) bond motifs is 3. The fourth-order valence-corrected chi connectivity index (χ4v) is 3.25. The highest BCUT2D eigenvalue weighted by atomic mass is 19.1. The molecular formula is C21H16FN2O+. The second-order valence-electron chi connectivity index (χ2n) is 6.03. The molecule has 122 valence electrons. The van der Waals surface area contributed by atoms with Gasteiger partial charge in [0.15, 0.2) is 11.9 Å². The molecule has 0 fully saturated rings. The Morgan fingerprint density at radius 2 is 2.08 bits per heavy atom. The van der Waals surface area contributed by atoms with E-state index in [-0.39, 0.29) is 5.56 Å². The van der Waals surface area contributed by atoms with Gasteiger partial charge in [-0.05, 0) is 25.4 Å². The summed E-state index contributed by atoms with van der Waals surface area (Å²) in [5, 5.41) is 1.48. The molecule has 0 radical (unpaired) electrons. The summed E-state index contributed by atoms with van der Waals surface area (Å²) in [6.45, 7) is 6.77. The van der Waals surface area contributed by atoms with Crippen LogP contribution in [0.5, 0.6) is 0 Å². The first kappa shape index (κ1) is 12.2. The van der Waals surface area contributed by atoms with E-state index in [4.69, 9.17) is 15.1 Å². The van der Waals surface area contributed by atoms with Crippen LogP contribution < -0.4 is 4.57 Å². The zero-order valence-electron chi connectivity index (χ0n) is 16.7. The van der Waals surface area contributed by atoms with Gasteiger partial charge in [-0.25, -0.2) is 13.8 Å². The van der Waals surface area contributed by atoms with Crippen molar-refractivity contribution in [2.45, 2.75) is 13.8 Å². The fourth-order valence-electron chi connectivity index (χ4n) is 3.25. The second kappa shape index (κ2) is 5.42. The predicted molar refractivity (Wildman–Crippen MR) is 96.0 cm³/mol. The van der Waals surface area contributed by atoms with Crippen molar-refractivity contribution in [3.63, 3.8) is 0 Å². The van der Waals surface area contributed by atoms with Crippen LogP contribution in [0.25, 0.3) is 38.0 Å². The molecule has 0 amide bonds. The normalized spacial score (nSPS) is 13.4. The number of halogens is 1. The van der Waals surface area contributed by atoms with E-state index in [1.54, 1.807) is 29.8 Å². The van der Waals surface area contributed by atoms with Crippen LogP contribution in [0.4, 0.5) is 10.1 Å². The molecule has 0 bridgehead atoms. The molecule has 4 aromatic rings. The molecule has 2 aromatic carbocycles. The molecule has 2 aromatic heterocycles. The van der Waals surface area contributed by atoms with E-state index in [0.29, 0.717) is 28.1 Å². The van der Waals surface area contributed by atoms with Crippen LogP contribution in [-0.2, 0) is 7.05 Å². The Kier molecular flexibility index (Phi) is 2.65. The Morgan fingerprint density at radius 1 is 1.24 bits per heavy atom. The summed E-state index contributed by atoms with van der Waals surface area (Å²) in [6, 6.07) is 10.3. The van der Waals surface area contributed by atoms with Gasteiger partial charge >= 0.3 is 0 Å². The highest BCUT2D eigenvalue weighted by Gasteiger charge is 2.22. The second-order valence-corrected chi connectivity index (χ2v) is 6.03. The Balaban J connectivity index is 2.09.